The van der Waals surface area contributed by atoms with Gasteiger partial charge in [0.25, 0.3) is 5.56 Å². The van der Waals surface area contributed by atoms with Crippen LogP contribution in [0.3, 0.4) is 0 Å². The smallest absolute Gasteiger partial charge is 0.338 e. The van der Waals surface area contributed by atoms with E-state index in [1.54, 1.807) is 37.8 Å². The zero-order valence-electron chi connectivity index (χ0n) is 24.7. The highest BCUT2D eigenvalue weighted by Crippen LogP contribution is 2.38. The molecule has 0 spiro atoms. The van der Waals surface area contributed by atoms with Gasteiger partial charge < -0.3 is 18.9 Å². The molecular formula is C33H30I2N2O6S. The lowest BCUT2D eigenvalue weighted by molar-refractivity contribution is -0.138. The van der Waals surface area contributed by atoms with Gasteiger partial charge in [0.15, 0.2) is 16.3 Å². The van der Waals surface area contributed by atoms with Crippen LogP contribution < -0.4 is 29.1 Å². The molecule has 1 aliphatic rings. The predicted molar refractivity (Wildman–Crippen MR) is 188 cm³/mol. The van der Waals surface area contributed by atoms with Gasteiger partial charge in [-0.1, -0.05) is 47.7 Å². The van der Waals surface area contributed by atoms with Crippen LogP contribution in [0.5, 0.6) is 17.2 Å². The number of carbonyl (C=O) groups is 1. The molecule has 0 radical (unpaired) electrons. The van der Waals surface area contributed by atoms with Crippen molar-refractivity contribution >= 4 is 74.3 Å². The van der Waals surface area contributed by atoms with Crippen molar-refractivity contribution in [1.82, 2.24) is 4.57 Å². The third-order valence-electron chi connectivity index (χ3n) is 6.77. The van der Waals surface area contributed by atoms with Gasteiger partial charge in [0.05, 0.1) is 52.3 Å². The molecule has 1 aromatic heterocycles. The number of aromatic nitrogens is 1. The van der Waals surface area contributed by atoms with Crippen molar-refractivity contribution < 1.29 is 23.7 Å². The molecular weight excluding hydrogens is 806 g/mol. The zero-order chi connectivity index (χ0) is 31.5. The number of ether oxygens (including phenoxy) is 4. The van der Waals surface area contributed by atoms with Crippen LogP contribution in [0.2, 0.25) is 0 Å². The minimum atomic E-state index is -0.843. The molecule has 0 N–H and O–H groups in total. The quantitative estimate of drug-likeness (QED) is 0.153. The number of halogens is 2. The van der Waals surface area contributed by atoms with Gasteiger partial charge in [-0.15, -0.1) is 0 Å². The second-order valence-electron chi connectivity index (χ2n) is 10.0. The first-order chi connectivity index (χ1) is 21.2. The molecule has 0 saturated heterocycles. The van der Waals surface area contributed by atoms with Crippen LogP contribution >= 0.6 is 56.5 Å². The molecule has 228 valence electrons. The lowest BCUT2D eigenvalue weighted by atomic mass is 9.93. The van der Waals surface area contributed by atoms with E-state index in [4.69, 9.17) is 23.9 Å². The number of fused-ring (bicyclic) bond motifs is 1. The van der Waals surface area contributed by atoms with Crippen molar-refractivity contribution in [2.75, 3.05) is 20.8 Å². The highest BCUT2D eigenvalue weighted by Gasteiger charge is 2.35. The van der Waals surface area contributed by atoms with Crippen molar-refractivity contribution in [3.05, 3.63) is 110 Å². The first kappa shape index (κ1) is 32.2. The Morgan fingerprint density at radius 3 is 2.43 bits per heavy atom. The Kier molecular flexibility index (Phi) is 10.2. The van der Waals surface area contributed by atoms with Crippen molar-refractivity contribution in [2.24, 2.45) is 4.99 Å². The lowest BCUT2D eigenvalue weighted by Gasteiger charge is -2.26. The average Bonchev–Trinajstić information content (AvgIpc) is 3.32. The number of carbonyl (C=O) groups excluding carboxylic acids is 1. The molecule has 1 atom stereocenters. The van der Waals surface area contributed by atoms with E-state index >= 15 is 0 Å². The van der Waals surface area contributed by atoms with Crippen molar-refractivity contribution in [3.8, 4) is 17.2 Å². The number of methoxy groups -OCH3 is 2. The maximum Gasteiger partial charge on any atom is 0.338 e. The van der Waals surface area contributed by atoms with Crippen LogP contribution in [0.25, 0.3) is 11.8 Å². The molecule has 0 saturated carbocycles. The van der Waals surface area contributed by atoms with E-state index in [0.717, 1.165) is 18.3 Å². The number of rotatable bonds is 9. The van der Waals surface area contributed by atoms with Gasteiger partial charge in [0.2, 0.25) is 0 Å². The normalized spacial score (nSPS) is 14.7. The van der Waals surface area contributed by atoms with E-state index in [1.807, 2.05) is 68.5 Å². The fraction of sp³-hybridized carbons (Fsp3) is 0.242. The van der Waals surface area contributed by atoms with E-state index in [9.17, 15) is 9.59 Å². The minimum absolute atomic E-state index is 0.0532. The number of benzene rings is 3. The Bertz CT molecular complexity index is 1930. The third-order valence-corrected chi connectivity index (χ3v) is 9.18. The second-order valence-corrected chi connectivity index (χ2v) is 13.4. The first-order valence-corrected chi connectivity index (χ1v) is 16.8. The van der Waals surface area contributed by atoms with Crippen LogP contribution in [-0.4, -0.2) is 37.5 Å². The number of esters is 1. The molecule has 0 amide bonds. The Hall–Kier alpha value is -3.17. The monoisotopic (exact) mass is 836 g/mol. The summed E-state index contributed by atoms with van der Waals surface area (Å²) in [6.07, 6.45) is 1.79. The number of nitrogens with zero attached hydrogens (tertiary/aromatic N) is 2. The standard InChI is InChI=1S/C33H30I2N2O6S/c1-6-42-32(39)27-28(19-10-8-7-9-11-19)36-33-37(29(27)20-12-13-24(40-4)25(15-20)41-5)31(38)26(44-33)16-21-14-22(34)17-23(35)30(21)43-18(2)3/h7-18,29H,6H2,1-5H3/b26-16-/t29-/m1/s1. The van der Waals surface area contributed by atoms with Crippen LogP contribution in [0.15, 0.2) is 76.0 Å². The second kappa shape index (κ2) is 13.9. The van der Waals surface area contributed by atoms with Gasteiger partial charge in [0.1, 0.15) is 5.75 Å². The van der Waals surface area contributed by atoms with Crippen LogP contribution in [0, 0.1) is 7.14 Å². The summed E-state index contributed by atoms with van der Waals surface area (Å²) in [5.74, 6) is 1.15. The largest absolute Gasteiger partial charge is 0.493 e. The minimum Gasteiger partial charge on any atom is -0.493 e. The molecule has 11 heteroatoms. The lowest BCUT2D eigenvalue weighted by Crippen LogP contribution is -2.40. The summed E-state index contributed by atoms with van der Waals surface area (Å²) < 4.78 is 26.8. The SMILES string of the molecule is CCOC(=O)C1=C(c2ccccc2)N=c2s/c(=C\c3cc(I)cc(I)c3OC(C)C)c(=O)n2[C@@H]1c1ccc(OC)c(OC)c1. The Labute approximate surface area is 286 Å². The number of hydrogen-bond acceptors (Lipinski definition) is 8. The molecule has 8 nitrogen and oxygen atoms in total. The summed E-state index contributed by atoms with van der Waals surface area (Å²) in [5.41, 5.74) is 2.59. The van der Waals surface area contributed by atoms with E-state index < -0.39 is 12.0 Å². The first-order valence-electron chi connectivity index (χ1n) is 13.8. The highest BCUT2D eigenvalue weighted by atomic mass is 127. The molecule has 1 aliphatic heterocycles. The van der Waals surface area contributed by atoms with E-state index in [0.29, 0.717) is 37.8 Å². The van der Waals surface area contributed by atoms with Gasteiger partial charge in [-0.2, -0.15) is 0 Å². The summed E-state index contributed by atoms with van der Waals surface area (Å²) in [4.78, 5) is 33.5. The molecule has 0 aliphatic carbocycles. The Balaban J connectivity index is 1.85. The number of hydrogen-bond donors (Lipinski definition) is 0. The summed E-state index contributed by atoms with van der Waals surface area (Å²) in [6, 6.07) is 18.0. The van der Waals surface area contributed by atoms with Gasteiger partial charge in [-0.25, -0.2) is 9.79 Å². The molecule has 4 aromatic rings. The Morgan fingerprint density at radius 2 is 1.77 bits per heavy atom. The fourth-order valence-corrected chi connectivity index (χ4v) is 7.98. The third kappa shape index (κ3) is 6.45. The van der Waals surface area contributed by atoms with E-state index in [1.165, 1.54) is 11.3 Å². The maximum absolute atomic E-state index is 14.4. The molecule has 44 heavy (non-hydrogen) atoms. The topological polar surface area (TPSA) is 88.4 Å². The van der Waals surface area contributed by atoms with Gasteiger partial charge in [0, 0.05) is 14.7 Å². The van der Waals surface area contributed by atoms with E-state index in [2.05, 4.69) is 45.2 Å². The summed E-state index contributed by atoms with van der Waals surface area (Å²) in [5, 5.41) is 0. The van der Waals surface area contributed by atoms with Crippen LogP contribution in [0.1, 0.15) is 43.5 Å². The van der Waals surface area contributed by atoms with Gasteiger partial charge >= 0.3 is 5.97 Å². The number of thiazole rings is 1. The molecule has 2 heterocycles. The summed E-state index contributed by atoms with van der Waals surface area (Å²) in [6.45, 7) is 5.85. The average molecular weight is 836 g/mol. The molecule has 3 aromatic carbocycles. The van der Waals surface area contributed by atoms with Crippen LogP contribution in [-0.2, 0) is 9.53 Å². The highest BCUT2D eigenvalue weighted by molar-refractivity contribution is 14.1. The molecule has 0 bridgehead atoms. The van der Waals surface area contributed by atoms with Crippen LogP contribution in [0.4, 0.5) is 0 Å². The summed E-state index contributed by atoms with van der Waals surface area (Å²) >= 11 is 5.78. The zero-order valence-corrected chi connectivity index (χ0v) is 29.9. The van der Waals surface area contributed by atoms with Crippen molar-refractivity contribution in [3.63, 3.8) is 0 Å². The summed E-state index contributed by atoms with van der Waals surface area (Å²) in [7, 11) is 3.10. The van der Waals surface area contributed by atoms with Gasteiger partial charge in [-0.05, 0) is 102 Å². The Morgan fingerprint density at radius 1 is 1.05 bits per heavy atom. The predicted octanol–water partition coefficient (Wildman–Crippen LogP) is 5.95. The van der Waals surface area contributed by atoms with E-state index in [-0.39, 0.29) is 23.8 Å². The fourth-order valence-electron chi connectivity index (χ4n) is 4.97. The van der Waals surface area contributed by atoms with Crippen molar-refractivity contribution in [2.45, 2.75) is 32.9 Å². The molecule has 5 rings (SSSR count). The van der Waals surface area contributed by atoms with Gasteiger partial charge in [-0.3, -0.25) is 9.36 Å². The molecule has 0 fully saturated rings. The van der Waals surface area contributed by atoms with Crippen molar-refractivity contribution in [1.29, 1.82) is 0 Å². The maximum atomic E-state index is 14.4. The molecule has 0 unspecified atom stereocenters.